The number of benzene rings is 1. The van der Waals surface area contributed by atoms with Crippen molar-refractivity contribution in [3.63, 3.8) is 0 Å². The minimum Gasteiger partial charge on any atom is -0.373 e. The largest absolute Gasteiger partial charge is 0.373 e. The smallest absolute Gasteiger partial charge is 0.267 e. The van der Waals surface area contributed by atoms with Gasteiger partial charge in [-0.2, -0.15) is 0 Å². The molecule has 2 saturated carbocycles. The standard InChI is InChI=1S/C25H31N3O2.ClH/c1-30-25(19-10-11-27-23(14-19)24(26)29)20-8-5-9-21(25)16-28(15-20)22-12-18(13-22)17-6-3-2-4-7-17;/h2-4,6-7,10-11,14,18,20-22H,5,8-9,12-13,15-16H2,1H3,(H2,26,29);1H. The van der Waals surface area contributed by atoms with Gasteiger partial charge < -0.3 is 10.5 Å². The van der Waals surface area contributed by atoms with Crippen LogP contribution in [-0.4, -0.2) is 42.0 Å². The summed E-state index contributed by atoms with van der Waals surface area (Å²) >= 11 is 0. The first kappa shape index (κ1) is 22.3. The average Bonchev–Trinajstić information content (AvgIpc) is 2.73. The van der Waals surface area contributed by atoms with Gasteiger partial charge in [0.05, 0.1) is 0 Å². The average molecular weight is 442 g/mol. The number of likely N-dealkylation sites (tertiary alicyclic amines) is 1. The van der Waals surface area contributed by atoms with Crippen LogP contribution < -0.4 is 5.73 Å². The number of aromatic nitrogens is 1. The van der Waals surface area contributed by atoms with Crippen molar-refractivity contribution in [1.29, 1.82) is 0 Å². The zero-order valence-corrected chi connectivity index (χ0v) is 18.9. The number of nitrogens with zero attached hydrogens (tertiary/aromatic N) is 2. The van der Waals surface area contributed by atoms with Crippen LogP contribution in [0.1, 0.15) is 59.6 Å². The molecule has 2 N–H and O–H groups in total. The predicted molar refractivity (Wildman–Crippen MR) is 123 cm³/mol. The van der Waals surface area contributed by atoms with Crippen LogP contribution in [0.2, 0.25) is 0 Å². The molecule has 1 aliphatic heterocycles. The zero-order valence-electron chi connectivity index (χ0n) is 18.1. The number of pyridine rings is 1. The SMILES string of the molecule is COC1(c2ccnc(C(N)=O)c2)C2CCCC1CN(C1CC(c3ccccc3)C1)C2.Cl. The second-order valence-electron chi connectivity index (χ2n) is 9.30. The Morgan fingerprint density at radius 3 is 2.42 bits per heavy atom. The molecule has 31 heavy (non-hydrogen) atoms. The van der Waals surface area contributed by atoms with Crippen LogP contribution >= 0.6 is 12.4 Å². The van der Waals surface area contributed by atoms with Gasteiger partial charge in [-0.15, -0.1) is 12.4 Å². The molecule has 5 nitrogen and oxygen atoms in total. The number of hydrogen-bond acceptors (Lipinski definition) is 4. The van der Waals surface area contributed by atoms with Crippen LogP contribution in [0.5, 0.6) is 0 Å². The maximum absolute atomic E-state index is 11.7. The van der Waals surface area contributed by atoms with Crippen LogP contribution in [0.3, 0.4) is 0 Å². The minimum absolute atomic E-state index is 0. The van der Waals surface area contributed by atoms with E-state index in [0.29, 0.717) is 29.5 Å². The summed E-state index contributed by atoms with van der Waals surface area (Å²) in [6.07, 6.45) is 7.77. The summed E-state index contributed by atoms with van der Waals surface area (Å²) in [6.45, 7) is 2.12. The lowest BCUT2D eigenvalue weighted by atomic mass is 9.61. The van der Waals surface area contributed by atoms with Crippen molar-refractivity contribution >= 4 is 18.3 Å². The Kier molecular flexibility index (Phi) is 6.38. The number of fused-ring (bicyclic) bond motifs is 2. The van der Waals surface area contributed by atoms with Crippen LogP contribution in [-0.2, 0) is 10.3 Å². The van der Waals surface area contributed by atoms with Crippen LogP contribution in [0.25, 0.3) is 0 Å². The highest BCUT2D eigenvalue weighted by molar-refractivity contribution is 5.90. The van der Waals surface area contributed by atoms with E-state index < -0.39 is 5.91 Å². The lowest BCUT2D eigenvalue weighted by Gasteiger charge is -2.58. The molecule has 2 bridgehead atoms. The van der Waals surface area contributed by atoms with Gasteiger partial charge in [-0.1, -0.05) is 36.8 Å². The Bertz CT molecular complexity index is 902. The number of nitrogens with two attached hydrogens (primary N) is 1. The van der Waals surface area contributed by atoms with Gasteiger partial charge in [0.25, 0.3) is 5.91 Å². The van der Waals surface area contributed by atoms with E-state index in [1.165, 1.54) is 24.8 Å². The van der Waals surface area contributed by atoms with Gasteiger partial charge in [0.2, 0.25) is 0 Å². The fraction of sp³-hybridized carbons (Fsp3) is 0.520. The van der Waals surface area contributed by atoms with Gasteiger partial charge in [-0.25, -0.2) is 0 Å². The van der Waals surface area contributed by atoms with Gasteiger partial charge in [0.15, 0.2) is 0 Å². The maximum Gasteiger partial charge on any atom is 0.267 e. The zero-order chi connectivity index (χ0) is 20.7. The molecule has 0 radical (unpaired) electrons. The molecule has 2 aromatic rings. The summed E-state index contributed by atoms with van der Waals surface area (Å²) < 4.78 is 6.33. The second kappa shape index (κ2) is 8.89. The molecule has 2 aliphatic carbocycles. The fourth-order valence-electron chi connectivity index (χ4n) is 6.38. The van der Waals surface area contributed by atoms with E-state index in [1.807, 2.05) is 19.2 Å². The molecule has 0 spiro atoms. The van der Waals surface area contributed by atoms with E-state index in [9.17, 15) is 4.79 Å². The first-order valence-electron chi connectivity index (χ1n) is 11.2. The topological polar surface area (TPSA) is 68.5 Å². The molecule has 166 valence electrons. The molecule has 1 saturated heterocycles. The van der Waals surface area contributed by atoms with Crippen molar-refractivity contribution in [3.8, 4) is 0 Å². The summed E-state index contributed by atoms with van der Waals surface area (Å²) in [5.41, 5.74) is 8.04. The highest BCUT2D eigenvalue weighted by Crippen LogP contribution is 2.53. The van der Waals surface area contributed by atoms with Gasteiger partial charge in [-0.3, -0.25) is 14.7 Å². The molecule has 6 heteroatoms. The molecule has 5 rings (SSSR count). The minimum atomic E-state index is -0.480. The molecule has 1 aromatic carbocycles. The van der Waals surface area contributed by atoms with Crippen molar-refractivity contribution < 1.29 is 9.53 Å². The maximum atomic E-state index is 11.7. The summed E-state index contributed by atoms with van der Waals surface area (Å²) in [5, 5.41) is 0. The number of halogens is 1. The number of ether oxygens (including phenoxy) is 1. The van der Waals surface area contributed by atoms with Crippen molar-refractivity contribution in [2.75, 3.05) is 20.2 Å². The van der Waals surface area contributed by atoms with E-state index in [-0.39, 0.29) is 18.0 Å². The number of amides is 1. The van der Waals surface area contributed by atoms with Crippen LogP contribution in [0.15, 0.2) is 48.7 Å². The van der Waals surface area contributed by atoms with Gasteiger partial charge in [0, 0.05) is 44.3 Å². The number of rotatable bonds is 5. The Hall–Kier alpha value is -1.95. The highest BCUT2D eigenvalue weighted by atomic mass is 35.5. The number of piperidine rings is 1. The first-order valence-corrected chi connectivity index (χ1v) is 11.2. The highest BCUT2D eigenvalue weighted by Gasteiger charge is 2.54. The number of carbonyl (C=O) groups is 1. The third-order valence-corrected chi connectivity index (χ3v) is 7.93. The number of carbonyl (C=O) groups excluding carboxylic acids is 1. The molecule has 2 atom stereocenters. The van der Waals surface area contributed by atoms with E-state index in [1.54, 1.807) is 6.20 Å². The lowest BCUT2D eigenvalue weighted by molar-refractivity contribution is -0.178. The quantitative estimate of drug-likeness (QED) is 0.757. The third kappa shape index (κ3) is 3.77. The van der Waals surface area contributed by atoms with E-state index in [2.05, 4.69) is 40.2 Å². The van der Waals surface area contributed by atoms with Crippen LogP contribution in [0.4, 0.5) is 0 Å². The number of primary amides is 1. The van der Waals surface area contributed by atoms with Gasteiger partial charge in [0.1, 0.15) is 11.3 Å². The molecule has 3 fully saturated rings. The molecular formula is C25H32ClN3O2. The van der Waals surface area contributed by atoms with Crippen molar-refractivity contribution in [3.05, 3.63) is 65.5 Å². The van der Waals surface area contributed by atoms with Crippen LogP contribution in [0, 0.1) is 11.8 Å². The Morgan fingerprint density at radius 1 is 1.13 bits per heavy atom. The molecule has 1 amide bonds. The number of hydrogen-bond donors (Lipinski definition) is 1. The van der Waals surface area contributed by atoms with E-state index in [4.69, 9.17) is 10.5 Å². The second-order valence-corrected chi connectivity index (χ2v) is 9.30. The Balaban J connectivity index is 0.00000231. The summed E-state index contributed by atoms with van der Waals surface area (Å²) in [4.78, 5) is 18.6. The first-order chi connectivity index (χ1) is 14.6. The van der Waals surface area contributed by atoms with Crippen molar-refractivity contribution in [2.24, 2.45) is 17.6 Å². The van der Waals surface area contributed by atoms with E-state index in [0.717, 1.165) is 31.5 Å². The molecular weight excluding hydrogens is 410 g/mol. The number of methoxy groups -OCH3 is 1. The summed E-state index contributed by atoms with van der Waals surface area (Å²) in [5.74, 6) is 1.07. The van der Waals surface area contributed by atoms with Gasteiger partial charge >= 0.3 is 0 Å². The fourth-order valence-corrected chi connectivity index (χ4v) is 6.38. The Labute approximate surface area is 190 Å². The summed E-state index contributed by atoms with van der Waals surface area (Å²) in [6, 6.07) is 15.5. The molecule has 2 heterocycles. The monoisotopic (exact) mass is 441 g/mol. The van der Waals surface area contributed by atoms with Gasteiger partial charge in [-0.05, 0) is 54.9 Å². The summed E-state index contributed by atoms with van der Waals surface area (Å²) in [7, 11) is 1.83. The normalized spacial score (nSPS) is 32.5. The third-order valence-electron chi connectivity index (χ3n) is 7.93. The molecule has 2 unspecified atom stereocenters. The van der Waals surface area contributed by atoms with Crippen molar-refractivity contribution in [1.82, 2.24) is 9.88 Å². The predicted octanol–water partition coefficient (Wildman–Crippen LogP) is 4.12. The van der Waals surface area contributed by atoms with E-state index >= 15 is 0 Å². The molecule has 1 aromatic heterocycles. The lowest BCUT2D eigenvalue weighted by Crippen LogP contribution is -2.62. The molecule has 3 aliphatic rings. The van der Waals surface area contributed by atoms with Crippen molar-refractivity contribution in [2.45, 2.75) is 49.7 Å². The Morgan fingerprint density at radius 2 is 1.81 bits per heavy atom.